The topological polar surface area (TPSA) is 163 Å². The molecule has 2 aromatic heterocycles. The van der Waals surface area contributed by atoms with E-state index in [-0.39, 0.29) is 37.3 Å². The minimum Gasteiger partial charge on any atom is -0.477 e. The van der Waals surface area contributed by atoms with Crippen LogP contribution in [0.4, 0.5) is 24.5 Å². The number of carbonyl (C=O) groups excluding carboxylic acids is 4. The smallest absolute Gasteiger partial charge is 0.280 e. The van der Waals surface area contributed by atoms with E-state index in [1.54, 1.807) is 55.2 Å². The standard InChI is InChI=1S/C43H46F3N9O5/c1-23-5-4-14-60-42-29(20-47-53(42)3)35-18-27(15-24(2)48-35)40(58)52-43-50-34-8-6-26(19-36(34)55(43)21-23)39(57)49-33-11-13-54(22-32(33)46)12-10-25-16-30(44)38(31(45)17-25)28-7-9-37(56)51-41(28)59/h6,8,15-20,23,28,32-33H,4-5,7,9-14,21-22H2,1-3H3,(H,49,57)(H,50,52,58)(H,51,56,59)/t23-,28-,32+,33-/m1/s1. The summed E-state index contributed by atoms with van der Waals surface area (Å²) in [5.74, 6) is -3.88. The summed E-state index contributed by atoms with van der Waals surface area (Å²) in [6.45, 7) is 5.64. The molecule has 0 saturated carbocycles. The summed E-state index contributed by atoms with van der Waals surface area (Å²) in [5.41, 5.74) is 3.86. The van der Waals surface area contributed by atoms with Gasteiger partial charge in [0.25, 0.3) is 11.8 Å². The van der Waals surface area contributed by atoms with E-state index in [9.17, 15) is 19.2 Å². The highest BCUT2D eigenvalue weighted by Crippen LogP contribution is 2.36. The van der Waals surface area contributed by atoms with Crippen molar-refractivity contribution in [3.63, 3.8) is 0 Å². The van der Waals surface area contributed by atoms with Crippen molar-refractivity contribution >= 4 is 41.0 Å². The van der Waals surface area contributed by atoms with E-state index in [2.05, 4.69) is 37.9 Å². The normalized spacial score (nSPS) is 23.1. The molecule has 4 atom stereocenters. The Morgan fingerprint density at radius 2 is 1.82 bits per heavy atom. The predicted molar refractivity (Wildman–Crippen MR) is 217 cm³/mol. The zero-order valence-corrected chi connectivity index (χ0v) is 33.6. The van der Waals surface area contributed by atoms with Crippen LogP contribution in [0.5, 0.6) is 5.88 Å². The number of amides is 4. The highest BCUT2D eigenvalue weighted by atomic mass is 19.1. The summed E-state index contributed by atoms with van der Waals surface area (Å²) in [4.78, 5) is 64.1. The first-order chi connectivity index (χ1) is 28.8. The van der Waals surface area contributed by atoms with Gasteiger partial charge in [0.2, 0.25) is 23.7 Å². The number of fused-ring (bicyclic) bond motifs is 7. The van der Waals surface area contributed by atoms with E-state index in [4.69, 9.17) is 4.74 Å². The van der Waals surface area contributed by atoms with E-state index < -0.39 is 53.4 Å². The Morgan fingerprint density at radius 3 is 2.58 bits per heavy atom. The molecule has 14 nitrogen and oxygen atoms in total. The maximum absolute atomic E-state index is 15.6. The summed E-state index contributed by atoms with van der Waals surface area (Å²) in [6.07, 6.45) is 2.41. The van der Waals surface area contributed by atoms with Crippen LogP contribution in [-0.2, 0) is 23.1 Å². The van der Waals surface area contributed by atoms with Crippen molar-refractivity contribution < 1.29 is 37.1 Å². The number of rotatable bonds is 6. The second-order valence-corrected chi connectivity index (χ2v) is 16.1. The maximum Gasteiger partial charge on any atom is 0.280 e. The Bertz CT molecular complexity index is 2380. The summed E-state index contributed by atoms with van der Waals surface area (Å²) >= 11 is 0. The number of aryl methyl sites for hydroxylation is 2. The van der Waals surface area contributed by atoms with Crippen LogP contribution in [0.3, 0.4) is 0 Å². The zero-order valence-electron chi connectivity index (χ0n) is 33.6. The number of benzene rings is 2. The largest absolute Gasteiger partial charge is 0.477 e. The molecule has 6 heterocycles. The number of hydrogen-bond acceptors (Lipinski definition) is 10. The quantitative estimate of drug-likeness (QED) is 0.220. The van der Waals surface area contributed by atoms with Crippen LogP contribution in [-0.4, -0.2) is 94.3 Å². The number of likely N-dealkylation sites (tertiary alicyclic amines) is 1. The van der Waals surface area contributed by atoms with Crippen LogP contribution in [0.1, 0.15) is 82.5 Å². The van der Waals surface area contributed by atoms with Crippen LogP contribution < -0.4 is 25.6 Å². The third kappa shape index (κ3) is 8.48. The van der Waals surface area contributed by atoms with Crippen LogP contribution in [0.25, 0.3) is 11.3 Å². The van der Waals surface area contributed by atoms with Gasteiger partial charge in [-0.25, -0.2) is 17.9 Å². The molecule has 4 aromatic rings. The molecule has 4 amide bonds. The van der Waals surface area contributed by atoms with Crippen molar-refractivity contribution in [2.75, 3.05) is 43.0 Å². The summed E-state index contributed by atoms with van der Waals surface area (Å²) in [5, 5.41) is 12.6. The lowest BCUT2D eigenvalue weighted by molar-refractivity contribution is -0.134. The van der Waals surface area contributed by atoms with Gasteiger partial charge < -0.3 is 20.3 Å². The van der Waals surface area contributed by atoms with Gasteiger partial charge in [0.15, 0.2) is 0 Å². The zero-order chi connectivity index (χ0) is 42.2. The van der Waals surface area contributed by atoms with Crippen molar-refractivity contribution in [1.29, 1.82) is 0 Å². The molecular weight excluding hydrogens is 780 g/mol. The van der Waals surface area contributed by atoms with E-state index >= 15 is 13.2 Å². The first-order valence-corrected chi connectivity index (χ1v) is 20.3. The number of nitrogens with one attached hydrogen (secondary N) is 3. The number of aromatic nitrogens is 3. The fourth-order valence-electron chi connectivity index (χ4n) is 8.40. The number of nitrogens with zero attached hydrogens (tertiary/aromatic N) is 6. The molecule has 2 aromatic carbocycles. The molecule has 17 heteroatoms. The highest BCUT2D eigenvalue weighted by molar-refractivity contribution is 6.19. The lowest BCUT2D eigenvalue weighted by Crippen LogP contribution is -2.52. The maximum atomic E-state index is 15.6. The van der Waals surface area contributed by atoms with Crippen LogP contribution in [0, 0.1) is 24.5 Å². The summed E-state index contributed by atoms with van der Waals surface area (Å²) in [7, 11) is 1.79. The molecule has 4 aliphatic heterocycles. The van der Waals surface area contributed by atoms with Crippen molar-refractivity contribution in [1.82, 2.24) is 30.3 Å². The lowest BCUT2D eigenvalue weighted by atomic mass is 9.89. The van der Waals surface area contributed by atoms with E-state index in [0.717, 1.165) is 12.8 Å². The molecule has 0 radical (unpaired) electrons. The fourth-order valence-corrected chi connectivity index (χ4v) is 8.40. The monoisotopic (exact) mass is 825 g/mol. The van der Waals surface area contributed by atoms with Crippen molar-refractivity contribution in [3.8, 4) is 17.1 Å². The first-order valence-electron chi connectivity index (χ1n) is 20.3. The molecule has 314 valence electrons. The van der Waals surface area contributed by atoms with Gasteiger partial charge in [-0.1, -0.05) is 6.92 Å². The molecule has 0 aliphatic carbocycles. The molecule has 3 N–H and O–H groups in total. The number of guanidine groups is 1. The lowest BCUT2D eigenvalue weighted by Gasteiger charge is -2.35. The van der Waals surface area contributed by atoms with Crippen molar-refractivity contribution in [2.24, 2.45) is 18.0 Å². The number of hydrogen-bond donors (Lipinski definition) is 3. The molecular formula is C43H46F3N9O5. The second-order valence-electron chi connectivity index (χ2n) is 16.1. The first kappa shape index (κ1) is 40.7. The Kier molecular flexibility index (Phi) is 11.4. The number of carbonyl (C=O) groups is 4. The van der Waals surface area contributed by atoms with Crippen LogP contribution in [0.2, 0.25) is 0 Å². The van der Waals surface area contributed by atoms with Gasteiger partial charge in [-0.15, -0.1) is 0 Å². The van der Waals surface area contributed by atoms with E-state index in [1.165, 1.54) is 12.1 Å². The highest BCUT2D eigenvalue weighted by Gasteiger charge is 2.35. The van der Waals surface area contributed by atoms with Crippen molar-refractivity contribution in [2.45, 2.75) is 70.5 Å². The molecule has 0 spiro atoms. The number of aliphatic imine (C=N–C) groups is 1. The molecule has 0 unspecified atom stereocenters. The van der Waals surface area contributed by atoms with E-state index in [1.807, 2.05) is 9.80 Å². The molecule has 2 saturated heterocycles. The molecule has 4 aliphatic rings. The molecule has 2 fully saturated rings. The number of pyridine rings is 1. The Hall–Kier alpha value is -6.10. The van der Waals surface area contributed by atoms with E-state index in [0.29, 0.717) is 89.5 Å². The molecule has 2 bridgehead atoms. The van der Waals surface area contributed by atoms with Crippen molar-refractivity contribution in [3.05, 3.63) is 88.2 Å². The van der Waals surface area contributed by atoms with Gasteiger partial charge in [-0.3, -0.25) is 34.4 Å². The van der Waals surface area contributed by atoms with Gasteiger partial charge in [0, 0.05) is 62.0 Å². The van der Waals surface area contributed by atoms with Gasteiger partial charge in [0.1, 0.15) is 17.8 Å². The van der Waals surface area contributed by atoms with Gasteiger partial charge in [-0.05, 0) is 93.0 Å². The third-order valence-corrected chi connectivity index (χ3v) is 11.6. The SMILES string of the molecule is Cc1cc2cc(n1)-c1cnn(C)c1OCCC[C@@H](C)CN1/C(=N/C2=O)Nc2ccc(C(=O)N[C@@H]3CCN(CCc4cc(F)c([C@H]5CCC(=O)NC5=O)c(F)c4)C[C@@H]3F)cc21. The number of anilines is 2. The number of alkyl halides is 1. The number of piperidine rings is 2. The third-order valence-electron chi connectivity index (χ3n) is 11.6. The average molecular weight is 826 g/mol. The minimum atomic E-state index is -1.40. The Labute approximate surface area is 344 Å². The van der Waals surface area contributed by atoms with Gasteiger partial charge >= 0.3 is 0 Å². The second kappa shape index (κ2) is 16.9. The fraction of sp³-hybridized carbons (Fsp3) is 0.419. The molecule has 60 heavy (non-hydrogen) atoms. The summed E-state index contributed by atoms with van der Waals surface area (Å²) < 4.78 is 53.6. The predicted octanol–water partition coefficient (Wildman–Crippen LogP) is 5.21. The molecule has 8 rings (SSSR count). The Morgan fingerprint density at radius 1 is 1.02 bits per heavy atom. The van der Waals surface area contributed by atoms with Crippen LogP contribution in [0.15, 0.2) is 53.7 Å². The summed E-state index contributed by atoms with van der Waals surface area (Å²) in [6, 6.07) is 10.1. The van der Waals surface area contributed by atoms with Gasteiger partial charge in [0.05, 0.1) is 47.4 Å². The van der Waals surface area contributed by atoms with Crippen LogP contribution >= 0.6 is 0 Å². The minimum absolute atomic E-state index is 0.000639. The number of imide groups is 1. The van der Waals surface area contributed by atoms with Gasteiger partial charge in [-0.2, -0.15) is 10.1 Å². The average Bonchev–Trinajstić information content (AvgIpc) is 3.74. The number of halogens is 3. The Balaban J connectivity index is 0.926. The number of ether oxygens (including phenoxy) is 1.